The van der Waals surface area contributed by atoms with Gasteiger partial charge in [-0.25, -0.2) is 4.90 Å². The topological polar surface area (TPSA) is 111 Å². The Morgan fingerprint density at radius 2 is 1.95 bits per heavy atom. The SMILES string of the molecule is CC12CCC(CCOc3ccc4c(c3)OCO4)(O1)C1C(=O)N(c3ccc(C#N)c4ncccc34)C(=O)C12. The molecule has 4 aliphatic heterocycles. The number of rotatable bonds is 5. The third kappa shape index (κ3) is 3.02. The van der Waals surface area contributed by atoms with E-state index in [9.17, 15) is 14.9 Å². The van der Waals surface area contributed by atoms with Gasteiger partial charge in [0.05, 0.1) is 46.4 Å². The summed E-state index contributed by atoms with van der Waals surface area (Å²) in [6.07, 6.45) is 3.44. The zero-order chi connectivity index (χ0) is 25.4. The molecule has 5 heterocycles. The maximum Gasteiger partial charge on any atom is 0.240 e. The minimum atomic E-state index is -0.780. The van der Waals surface area contributed by atoms with Crippen molar-refractivity contribution < 1.29 is 28.5 Å². The lowest BCUT2D eigenvalue weighted by atomic mass is 9.67. The van der Waals surface area contributed by atoms with Crippen LogP contribution in [0.5, 0.6) is 17.2 Å². The second kappa shape index (κ2) is 7.67. The van der Waals surface area contributed by atoms with Crippen LogP contribution in [-0.2, 0) is 14.3 Å². The van der Waals surface area contributed by atoms with Crippen LogP contribution in [-0.4, -0.2) is 41.4 Å². The molecule has 0 saturated carbocycles. The van der Waals surface area contributed by atoms with E-state index in [4.69, 9.17) is 18.9 Å². The number of hydrogen-bond acceptors (Lipinski definition) is 8. The number of anilines is 1. The van der Waals surface area contributed by atoms with Gasteiger partial charge in [-0.15, -0.1) is 0 Å². The zero-order valence-electron chi connectivity index (χ0n) is 20.1. The molecule has 0 radical (unpaired) electrons. The largest absolute Gasteiger partial charge is 0.493 e. The molecule has 1 aromatic heterocycles. The van der Waals surface area contributed by atoms with Gasteiger partial charge >= 0.3 is 0 Å². The van der Waals surface area contributed by atoms with Gasteiger partial charge in [-0.2, -0.15) is 5.26 Å². The molecule has 0 spiro atoms. The van der Waals surface area contributed by atoms with Gasteiger partial charge in [0.2, 0.25) is 18.6 Å². The van der Waals surface area contributed by atoms with Crippen LogP contribution in [0.25, 0.3) is 10.9 Å². The van der Waals surface area contributed by atoms with Crippen LogP contribution in [0.2, 0.25) is 0 Å². The summed E-state index contributed by atoms with van der Waals surface area (Å²) in [5, 5.41) is 10.1. The first-order chi connectivity index (χ1) is 17.9. The molecular formula is C28H23N3O6. The van der Waals surface area contributed by atoms with E-state index in [1.807, 2.05) is 13.0 Å². The van der Waals surface area contributed by atoms with Crippen LogP contribution < -0.4 is 19.1 Å². The Labute approximate surface area is 212 Å². The molecule has 2 bridgehead atoms. The molecule has 7 rings (SSSR count). The van der Waals surface area contributed by atoms with Crippen molar-refractivity contribution in [3.8, 4) is 23.3 Å². The van der Waals surface area contributed by atoms with E-state index >= 15 is 0 Å². The van der Waals surface area contributed by atoms with E-state index < -0.39 is 23.0 Å². The Morgan fingerprint density at radius 1 is 1.11 bits per heavy atom. The van der Waals surface area contributed by atoms with Crippen molar-refractivity contribution in [2.75, 3.05) is 18.3 Å². The predicted molar refractivity (Wildman–Crippen MR) is 130 cm³/mol. The summed E-state index contributed by atoms with van der Waals surface area (Å²) in [4.78, 5) is 33.4. The minimum absolute atomic E-state index is 0.189. The predicted octanol–water partition coefficient (Wildman–Crippen LogP) is 3.73. The summed E-state index contributed by atoms with van der Waals surface area (Å²) < 4.78 is 23.3. The first kappa shape index (κ1) is 22.1. The molecular weight excluding hydrogens is 474 g/mol. The summed E-state index contributed by atoms with van der Waals surface area (Å²) in [5.74, 6) is 0.269. The summed E-state index contributed by atoms with van der Waals surface area (Å²) >= 11 is 0. The van der Waals surface area contributed by atoms with Crippen molar-refractivity contribution in [3.63, 3.8) is 0 Å². The maximum atomic E-state index is 14.0. The van der Waals surface area contributed by atoms with Crippen LogP contribution in [0, 0.1) is 23.2 Å². The highest BCUT2D eigenvalue weighted by atomic mass is 16.7. The van der Waals surface area contributed by atoms with E-state index in [0.717, 1.165) is 0 Å². The number of ether oxygens (including phenoxy) is 4. The molecule has 4 atom stereocenters. The van der Waals surface area contributed by atoms with Crippen molar-refractivity contribution in [3.05, 3.63) is 54.2 Å². The summed E-state index contributed by atoms with van der Waals surface area (Å²) in [5.41, 5.74) is -0.173. The molecule has 0 aliphatic carbocycles. The van der Waals surface area contributed by atoms with E-state index in [0.29, 0.717) is 65.3 Å². The third-order valence-corrected chi connectivity index (χ3v) is 8.26. The number of aromatic nitrogens is 1. The smallest absolute Gasteiger partial charge is 0.240 e. The fraction of sp³-hybridized carbons (Fsp3) is 0.357. The summed E-state index contributed by atoms with van der Waals surface area (Å²) in [6, 6.07) is 14.3. The number of fused-ring (bicyclic) bond motifs is 7. The molecule has 4 unspecified atom stereocenters. The van der Waals surface area contributed by atoms with Crippen LogP contribution in [0.1, 0.15) is 31.7 Å². The Kier molecular flexibility index (Phi) is 4.57. The molecule has 37 heavy (non-hydrogen) atoms. The van der Waals surface area contributed by atoms with Gasteiger partial charge < -0.3 is 18.9 Å². The molecule has 2 aromatic carbocycles. The Balaban J connectivity index is 1.19. The normalized spacial score (nSPS) is 29.1. The number of carbonyl (C=O) groups excluding carboxylic acids is 2. The van der Waals surface area contributed by atoms with Crippen molar-refractivity contribution >= 4 is 28.4 Å². The highest BCUT2D eigenvalue weighted by molar-refractivity contribution is 6.26. The monoisotopic (exact) mass is 497 g/mol. The molecule has 3 fully saturated rings. The van der Waals surface area contributed by atoms with Crippen molar-refractivity contribution in [1.82, 2.24) is 4.98 Å². The third-order valence-electron chi connectivity index (χ3n) is 8.26. The van der Waals surface area contributed by atoms with E-state index in [-0.39, 0.29) is 18.6 Å². The van der Waals surface area contributed by atoms with Crippen LogP contribution in [0.15, 0.2) is 48.7 Å². The zero-order valence-corrected chi connectivity index (χ0v) is 20.1. The minimum Gasteiger partial charge on any atom is -0.493 e. The highest BCUT2D eigenvalue weighted by Gasteiger charge is 2.73. The average molecular weight is 498 g/mol. The molecule has 2 amide bonds. The molecule has 0 N–H and O–H groups in total. The Hall–Kier alpha value is -4.16. The fourth-order valence-corrected chi connectivity index (χ4v) is 6.60. The standard InChI is InChI=1S/C28H23N3O6/c1-27-8-9-28(37-27,10-12-34-17-5-7-20-21(13-17)36-15-35-20)23-22(27)25(32)31(26(23)33)19-6-4-16(14-29)24-18(19)3-2-11-30-24/h2-7,11,13,22-23H,8-10,12,15H2,1H3. The molecule has 186 valence electrons. The van der Waals surface area contributed by atoms with Crippen molar-refractivity contribution in [1.29, 1.82) is 5.26 Å². The molecule has 9 heteroatoms. The molecule has 4 aliphatic rings. The molecule has 9 nitrogen and oxygen atoms in total. The lowest BCUT2D eigenvalue weighted by Gasteiger charge is -2.31. The van der Waals surface area contributed by atoms with E-state index in [2.05, 4.69) is 11.1 Å². The second-order valence-corrected chi connectivity index (χ2v) is 10.2. The number of hydrogen-bond donors (Lipinski definition) is 0. The van der Waals surface area contributed by atoms with Crippen LogP contribution >= 0.6 is 0 Å². The summed E-state index contributed by atoms with van der Waals surface area (Å²) in [6.45, 7) is 2.45. The van der Waals surface area contributed by atoms with Gasteiger partial charge in [-0.1, -0.05) is 0 Å². The number of imide groups is 1. The Morgan fingerprint density at radius 3 is 2.81 bits per heavy atom. The van der Waals surface area contributed by atoms with E-state index in [1.165, 1.54) is 4.90 Å². The Bertz CT molecular complexity index is 1530. The quantitative estimate of drug-likeness (QED) is 0.491. The first-order valence-corrected chi connectivity index (χ1v) is 12.3. The number of pyridine rings is 1. The number of benzene rings is 2. The van der Waals surface area contributed by atoms with Crippen molar-refractivity contribution in [2.24, 2.45) is 11.8 Å². The lowest BCUT2D eigenvalue weighted by molar-refractivity contribution is -0.131. The van der Waals surface area contributed by atoms with Gasteiger partial charge in [0, 0.05) is 24.1 Å². The van der Waals surface area contributed by atoms with E-state index in [1.54, 1.807) is 42.6 Å². The van der Waals surface area contributed by atoms with Crippen LogP contribution in [0.4, 0.5) is 5.69 Å². The van der Waals surface area contributed by atoms with Gasteiger partial charge in [-0.3, -0.25) is 14.6 Å². The number of nitriles is 1. The lowest BCUT2D eigenvalue weighted by Crippen LogP contribution is -2.43. The molecule has 3 aromatic rings. The number of carbonyl (C=O) groups is 2. The fourth-order valence-electron chi connectivity index (χ4n) is 6.60. The number of amides is 2. The maximum absolute atomic E-state index is 14.0. The summed E-state index contributed by atoms with van der Waals surface area (Å²) in [7, 11) is 0. The first-order valence-electron chi connectivity index (χ1n) is 12.3. The van der Waals surface area contributed by atoms with Crippen LogP contribution in [0.3, 0.4) is 0 Å². The molecule has 3 saturated heterocycles. The highest BCUT2D eigenvalue weighted by Crippen LogP contribution is 2.62. The second-order valence-electron chi connectivity index (χ2n) is 10.2. The van der Waals surface area contributed by atoms with Crippen molar-refractivity contribution in [2.45, 2.75) is 37.4 Å². The van der Waals surface area contributed by atoms with Gasteiger partial charge in [0.1, 0.15) is 11.8 Å². The average Bonchev–Trinajstić information content (AvgIpc) is 3.63. The number of nitrogens with zero attached hydrogens (tertiary/aromatic N) is 3. The van der Waals surface area contributed by atoms with Gasteiger partial charge in [-0.05, 0) is 56.2 Å². The van der Waals surface area contributed by atoms with Gasteiger partial charge in [0.15, 0.2) is 11.5 Å². The van der Waals surface area contributed by atoms with Gasteiger partial charge in [0.25, 0.3) is 0 Å².